The predicted molar refractivity (Wildman–Crippen MR) is 147 cm³/mol. The van der Waals surface area contributed by atoms with Crippen LogP contribution in [-0.2, 0) is 11.3 Å². The number of carbonyl (C=O) groups excluding carboxylic acids is 1. The van der Waals surface area contributed by atoms with Gasteiger partial charge in [-0.25, -0.2) is 9.97 Å². The Morgan fingerprint density at radius 3 is 2.64 bits per heavy atom. The van der Waals surface area contributed by atoms with Gasteiger partial charge in [-0.15, -0.1) is 11.3 Å². The molecule has 0 radical (unpaired) electrons. The van der Waals surface area contributed by atoms with Crippen molar-refractivity contribution in [3.63, 3.8) is 0 Å². The molecule has 1 aliphatic heterocycles. The lowest BCUT2D eigenvalue weighted by Gasteiger charge is -2.28. The Kier molecular flexibility index (Phi) is 7.30. The lowest BCUT2D eigenvalue weighted by molar-refractivity contribution is 0.0727. The quantitative estimate of drug-likeness (QED) is 0.321. The fourth-order valence-electron chi connectivity index (χ4n) is 4.71. The molecule has 5 rings (SSSR count). The molecule has 0 unspecified atom stereocenters. The van der Waals surface area contributed by atoms with Gasteiger partial charge in [0, 0.05) is 31.6 Å². The Labute approximate surface area is 216 Å². The van der Waals surface area contributed by atoms with Gasteiger partial charge >= 0.3 is 0 Å². The number of hydrogen-bond acceptors (Lipinski definition) is 6. The molecule has 0 spiro atoms. The van der Waals surface area contributed by atoms with Crippen molar-refractivity contribution in [1.29, 1.82) is 0 Å². The number of rotatable bonds is 7. The van der Waals surface area contributed by atoms with Crippen LogP contribution in [0.1, 0.15) is 34.6 Å². The second-order valence-electron chi connectivity index (χ2n) is 9.74. The third kappa shape index (κ3) is 5.27. The topological polar surface area (TPSA) is 58.6 Å². The van der Waals surface area contributed by atoms with E-state index in [-0.39, 0.29) is 5.91 Å². The molecule has 6 nitrogen and oxygen atoms in total. The summed E-state index contributed by atoms with van der Waals surface area (Å²) in [6.45, 7) is 10.7. The van der Waals surface area contributed by atoms with Gasteiger partial charge in [-0.05, 0) is 64.7 Å². The standard InChI is InChI=1S/C29H32N4O2S/c1-20(2)17-33(29(34)27-21(3)9-14-36-27)18-22-5-4-6-23(15-22)24-7-8-26-25(16-24)28(31-19-30-26)32-10-12-35-13-11-32/h4-9,14-16,19-20H,10-13,17-18H2,1-3H3. The van der Waals surface area contributed by atoms with E-state index in [0.717, 1.165) is 63.5 Å². The van der Waals surface area contributed by atoms with Crippen LogP contribution in [0, 0.1) is 12.8 Å². The first-order chi connectivity index (χ1) is 17.5. The van der Waals surface area contributed by atoms with E-state index < -0.39 is 0 Å². The van der Waals surface area contributed by atoms with Gasteiger partial charge in [-0.3, -0.25) is 4.79 Å². The highest BCUT2D eigenvalue weighted by Gasteiger charge is 2.21. The number of aromatic nitrogens is 2. The van der Waals surface area contributed by atoms with E-state index in [4.69, 9.17) is 4.74 Å². The van der Waals surface area contributed by atoms with Crippen molar-refractivity contribution in [3.05, 3.63) is 76.2 Å². The van der Waals surface area contributed by atoms with E-state index in [2.05, 4.69) is 71.2 Å². The van der Waals surface area contributed by atoms with Gasteiger partial charge < -0.3 is 14.5 Å². The smallest absolute Gasteiger partial charge is 0.264 e. The van der Waals surface area contributed by atoms with Crippen LogP contribution in [0.25, 0.3) is 22.0 Å². The second kappa shape index (κ2) is 10.8. The highest BCUT2D eigenvalue weighted by molar-refractivity contribution is 7.12. The fourth-order valence-corrected chi connectivity index (χ4v) is 5.61. The Morgan fingerprint density at radius 1 is 1.08 bits per heavy atom. The van der Waals surface area contributed by atoms with E-state index in [1.54, 1.807) is 6.33 Å². The zero-order chi connectivity index (χ0) is 25.1. The molecule has 7 heteroatoms. The van der Waals surface area contributed by atoms with Gasteiger partial charge in [0.05, 0.1) is 23.6 Å². The van der Waals surface area contributed by atoms with Gasteiger partial charge in [0.2, 0.25) is 0 Å². The monoisotopic (exact) mass is 500 g/mol. The molecule has 2 aromatic carbocycles. The maximum absolute atomic E-state index is 13.4. The Balaban J connectivity index is 1.45. The van der Waals surface area contributed by atoms with E-state index in [1.165, 1.54) is 11.3 Å². The lowest BCUT2D eigenvalue weighted by Crippen LogP contribution is -2.36. The number of nitrogens with zero attached hydrogens (tertiary/aromatic N) is 4. The molecule has 0 bridgehead atoms. The molecule has 186 valence electrons. The summed E-state index contributed by atoms with van der Waals surface area (Å²) in [6, 6.07) is 16.9. The lowest BCUT2D eigenvalue weighted by atomic mass is 10.0. The van der Waals surface area contributed by atoms with Crippen LogP contribution in [0.5, 0.6) is 0 Å². The van der Waals surface area contributed by atoms with Gasteiger partial charge in [-0.2, -0.15) is 0 Å². The predicted octanol–water partition coefficient (Wildman–Crippen LogP) is 5.80. The molecule has 0 saturated carbocycles. The maximum Gasteiger partial charge on any atom is 0.264 e. The van der Waals surface area contributed by atoms with Crippen LogP contribution in [0.2, 0.25) is 0 Å². The highest BCUT2D eigenvalue weighted by atomic mass is 32.1. The Morgan fingerprint density at radius 2 is 1.89 bits per heavy atom. The molecule has 1 saturated heterocycles. The summed E-state index contributed by atoms with van der Waals surface area (Å²) < 4.78 is 5.53. The first kappa shape index (κ1) is 24.4. The molecule has 0 atom stereocenters. The number of hydrogen-bond donors (Lipinski definition) is 0. The maximum atomic E-state index is 13.4. The molecule has 4 aromatic rings. The van der Waals surface area contributed by atoms with Crippen molar-refractivity contribution < 1.29 is 9.53 Å². The van der Waals surface area contributed by atoms with E-state index in [9.17, 15) is 4.79 Å². The van der Waals surface area contributed by atoms with Crippen molar-refractivity contribution in [2.24, 2.45) is 5.92 Å². The molecule has 36 heavy (non-hydrogen) atoms. The fraction of sp³-hybridized carbons (Fsp3) is 0.345. The van der Waals surface area contributed by atoms with Crippen LogP contribution < -0.4 is 4.90 Å². The zero-order valence-electron chi connectivity index (χ0n) is 21.1. The van der Waals surface area contributed by atoms with Gasteiger partial charge in [-0.1, -0.05) is 38.1 Å². The average molecular weight is 501 g/mol. The number of aryl methyl sites for hydroxylation is 1. The number of morpholine rings is 1. The molecule has 3 heterocycles. The van der Waals surface area contributed by atoms with Crippen LogP contribution in [0.3, 0.4) is 0 Å². The third-order valence-electron chi connectivity index (χ3n) is 6.49. The molecule has 1 amide bonds. The van der Waals surface area contributed by atoms with Crippen molar-refractivity contribution in [2.45, 2.75) is 27.3 Å². The van der Waals surface area contributed by atoms with E-state index in [1.807, 2.05) is 23.3 Å². The van der Waals surface area contributed by atoms with E-state index in [0.29, 0.717) is 25.7 Å². The van der Waals surface area contributed by atoms with Crippen molar-refractivity contribution in [1.82, 2.24) is 14.9 Å². The normalized spacial score (nSPS) is 13.9. The summed E-state index contributed by atoms with van der Waals surface area (Å²) in [5.74, 6) is 1.46. The van der Waals surface area contributed by atoms with Crippen molar-refractivity contribution >= 4 is 34.0 Å². The highest BCUT2D eigenvalue weighted by Crippen LogP contribution is 2.30. The average Bonchev–Trinajstić information content (AvgIpc) is 3.33. The molecule has 1 aliphatic rings. The summed E-state index contributed by atoms with van der Waals surface area (Å²) in [5, 5.41) is 3.04. The number of anilines is 1. The van der Waals surface area contributed by atoms with E-state index >= 15 is 0 Å². The van der Waals surface area contributed by atoms with Gasteiger partial charge in [0.25, 0.3) is 5.91 Å². The number of carbonyl (C=O) groups is 1. The minimum Gasteiger partial charge on any atom is -0.378 e. The summed E-state index contributed by atoms with van der Waals surface area (Å²) >= 11 is 1.52. The van der Waals surface area contributed by atoms with Gasteiger partial charge in [0.1, 0.15) is 12.1 Å². The number of thiophene rings is 1. The number of ether oxygens (including phenoxy) is 1. The van der Waals surface area contributed by atoms with Crippen LogP contribution in [0.15, 0.2) is 60.2 Å². The Bertz CT molecular complexity index is 1360. The largest absolute Gasteiger partial charge is 0.378 e. The van der Waals surface area contributed by atoms with Gasteiger partial charge in [0.15, 0.2) is 0 Å². The molecule has 1 fully saturated rings. The number of fused-ring (bicyclic) bond motifs is 1. The Hall–Kier alpha value is -3.29. The number of amides is 1. The summed E-state index contributed by atoms with van der Waals surface area (Å²) in [4.78, 5) is 27.6. The van der Waals surface area contributed by atoms with Crippen LogP contribution in [0.4, 0.5) is 5.82 Å². The minimum atomic E-state index is 0.111. The van der Waals surface area contributed by atoms with Crippen LogP contribution >= 0.6 is 11.3 Å². The SMILES string of the molecule is Cc1ccsc1C(=O)N(Cc1cccc(-c2ccc3ncnc(N4CCOCC4)c3c2)c1)CC(C)C. The molecular weight excluding hydrogens is 468 g/mol. The second-order valence-corrected chi connectivity index (χ2v) is 10.7. The van der Waals surface area contributed by atoms with Crippen molar-refractivity contribution in [2.75, 3.05) is 37.7 Å². The molecule has 2 aromatic heterocycles. The summed E-state index contributed by atoms with van der Waals surface area (Å²) in [5.41, 5.74) is 5.34. The first-order valence-corrected chi connectivity index (χ1v) is 13.4. The first-order valence-electron chi connectivity index (χ1n) is 12.5. The third-order valence-corrected chi connectivity index (χ3v) is 7.49. The molecular formula is C29H32N4O2S. The van der Waals surface area contributed by atoms with Crippen LogP contribution in [-0.4, -0.2) is 53.6 Å². The molecule has 0 aliphatic carbocycles. The number of benzene rings is 2. The molecule has 0 N–H and O–H groups in total. The minimum absolute atomic E-state index is 0.111. The van der Waals surface area contributed by atoms with Crippen molar-refractivity contribution in [3.8, 4) is 11.1 Å². The summed E-state index contributed by atoms with van der Waals surface area (Å²) in [7, 11) is 0. The zero-order valence-corrected chi connectivity index (χ0v) is 21.9. The summed E-state index contributed by atoms with van der Waals surface area (Å²) in [6.07, 6.45) is 1.64.